The van der Waals surface area contributed by atoms with Crippen molar-refractivity contribution in [3.63, 3.8) is 0 Å². The largest absolute Gasteiger partial charge is 0.462 e. The molecule has 0 saturated heterocycles. The second kappa shape index (κ2) is 8.83. The zero-order valence-electron chi connectivity index (χ0n) is 15.7. The number of rotatable bonds is 7. The first-order valence-electron chi connectivity index (χ1n) is 8.45. The minimum Gasteiger partial charge on any atom is -0.462 e. The van der Waals surface area contributed by atoms with Crippen molar-refractivity contribution in [3.8, 4) is 0 Å². The monoisotopic (exact) mass is 408 g/mol. The van der Waals surface area contributed by atoms with Crippen molar-refractivity contribution in [1.82, 2.24) is 5.32 Å². The highest BCUT2D eigenvalue weighted by Crippen LogP contribution is 2.19. The summed E-state index contributed by atoms with van der Waals surface area (Å²) in [4.78, 5) is 23.4. The lowest BCUT2D eigenvalue weighted by Crippen LogP contribution is -2.31. The summed E-state index contributed by atoms with van der Waals surface area (Å²) in [6.07, 6.45) is -0.297. The van der Waals surface area contributed by atoms with Crippen molar-refractivity contribution >= 4 is 27.6 Å². The van der Waals surface area contributed by atoms with Crippen LogP contribution in [0.25, 0.3) is 0 Å². The van der Waals surface area contributed by atoms with Gasteiger partial charge in [0.15, 0.2) is 0 Å². The van der Waals surface area contributed by atoms with Crippen LogP contribution >= 0.6 is 0 Å². The average molecular weight is 408 g/mol. The highest BCUT2D eigenvalue weighted by atomic mass is 32.2. The van der Waals surface area contributed by atoms with Crippen molar-refractivity contribution in [2.24, 2.45) is 0 Å². The molecule has 2 rings (SSSR count). The number of hydrogen-bond acceptors (Lipinski definition) is 5. The predicted octanol–water partition coefficient (Wildman–Crippen LogP) is 2.62. The van der Waals surface area contributed by atoms with Gasteiger partial charge < -0.3 is 10.1 Å². The lowest BCUT2D eigenvalue weighted by Gasteiger charge is -2.11. The Hall–Kier alpha value is -2.94. The Morgan fingerprint density at radius 2 is 1.86 bits per heavy atom. The number of aryl methyl sites for hydroxylation is 1. The molecule has 0 fully saturated rings. The maximum atomic E-state index is 13.7. The van der Waals surface area contributed by atoms with Gasteiger partial charge in [-0.2, -0.15) is 0 Å². The van der Waals surface area contributed by atoms with E-state index in [0.717, 1.165) is 6.07 Å². The number of anilines is 1. The minimum absolute atomic E-state index is 0.124. The highest BCUT2D eigenvalue weighted by Gasteiger charge is 2.17. The van der Waals surface area contributed by atoms with Gasteiger partial charge in [0, 0.05) is 11.3 Å². The van der Waals surface area contributed by atoms with Crippen LogP contribution in [0.2, 0.25) is 0 Å². The average Bonchev–Trinajstić information content (AvgIpc) is 2.61. The summed E-state index contributed by atoms with van der Waals surface area (Å²) < 4.78 is 45.7. The standard InChI is InChI=1S/C19H21FN2O5S/c1-12(2)27-18(23)11-21-19(24)14-5-4-6-15(9-14)22-28(25,26)16-8-7-13(3)17(20)10-16/h4-10,12,22H,11H2,1-3H3,(H,21,24). The molecule has 0 aliphatic carbocycles. The van der Waals surface area contributed by atoms with E-state index in [2.05, 4.69) is 10.0 Å². The molecule has 0 bridgehead atoms. The Kier molecular flexibility index (Phi) is 6.74. The van der Waals surface area contributed by atoms with Gasteiger partial charge in [-0.3, -0.25) is 14.3 Å². The summed E-state index contributed by atoms with van der Waals surface area (Å²) >= 11 is 0. The highest BCUT2D eigenvalue weighted by molar-refractivity contribution is 7.92. The van der Waals surface area contributed by atoms with Crippen LogP contribution in [-0.2, 0) is 19.6 Å². The first kappa shape index (κ1) is 21.4. The van der Waals surface area contributed by atoms with Gasteiger partial charge in [0.1, 0.15) is 12.4 Å². The fourth-order valence-corrected chi connectivity index (χ4v) is 3.30. The molecule has 7 nitrogen and oxygen atoms in total. The molecule has 0 spiro atoms. The molecule has 0 atom stereocenters. The van der Waals surface area contributed by atoms with E-state index in [9.17, 15) is 22.4 Å². The number of nitrogens with one attached hydrogen (secondary N) is 2. The molecule has 0 aromatic heterocycles. The molecule has 1 amide bonds. The molecule has 9 heteroatoms. The minimum atomic E-state index is -4.03. The zero-order valence-corrected chi connectivity index (χ0v) is 16.5. The topological polar surface area (TPSA) is 102 Å². The first-order chi connectivity index (χ1) is 13.1. The fraction of sp³-hybridized carbons (Fsp3) is 0.263. The Labute approximate surface area is 163 Å². The van der Waals surface area contributed by atoms with Gasteiger partial charge in [-0.25, -0.2) is 12.8 Å². The smallest absolute Gasteiger partial charge is 0.325 e. The Bertz CT molecular complexity index is 990. The number of benzene rings is 2. The predicted molar refractivity (Wildman–Crippen MR) is 102 cm³/mol. The third-order valence-electron chi connectivity index (χ3n) is 3.59. The molecule has 28 heavy (non-hydrogen) atoms. The molecular formula is C19H21FN2O5S. The second-order valence-electron chi connectivity index (χ2n) is 6.32. The van der Waals surface area contributed by atoms with Gasteiger partial charge in [-0.15, -0.1) is 0 Å². The van der Waals surface area contributed by atoms with Gasteiger partial charge in [0.05, 0.1) is 11.0 Å². The quantitative estimate of drug-likeness (QED) is 0.686. The Balaban J connectivity index is 2.11. The maximum absolute atomic E-state index is 13.7. The van der Waals surface area contributed by atoms with Crippen molar-refractivity contribution < 1.29 is 27.1 Å². The van der Waals surface area contributed by atoms with Crippen molar-refractivity contribution in [1.29, 1.82) is 0 Å². The molecule has 2 aromatic rings. The van der Waals surface area contributed by atoms with Gasteiger partial charge in [-0.1, -0.05) is 12.1 Å². The SMILES string of the molecule is Cc1ccc(S(=O)(=O)Nc2cccc(C(=O)NCC(=O)OC(C)C)c2)cc1F. The lowest BCUT2D eigenvalue weighted by molar-refractivity contribution is -0.146. The first-order valence-corrected chi connectivity index (χ1v) is 9.93. The zero-order chi connectivity index (χ0) is 20.9. The number of amides is 1. The van der Waals surface area contributed by atoms with Crippen LogP contribution in [0.3, 0.4) is 0 Å². The summed E-state index contributed by atoms with van der Waals surface area (Å²) in [5.41, 5.74) is 0.597. The number of esters is 1. The van der Waals surface area contributed by atoms with Crippen molar-refractivity contribution in [2.75, 3.05) is 11.3 Å². The molecule has 0 saturated carbocycles. The van der Waals surface area contributed by atoms with E-state index in [-0.39, 0.29) is 28.8 Å². The van der Waals surface area contributed by atoms with Gasteiger partial charge in [0.2, 0.25) is 0 Å². The maximum Gasteiger partial charge on any atom is 0.325 e. The second-order valence-corrected chi connectivity index (χ2v) is 8.00. The third-order valence-corrected chi connectivity index (χ3v) is 4.97. The molecule has 0 radical (unpaired) electrons. The summed E-state index contributed by atoms with van der Waals surface area (Å²) in [6, 6.07) is 9.29. The molecule has 2 aromatic carbocycles. The van der Waals surface area contributed by atoms with E-state index >= 15 is 0 Å². The molecule has 0 aliphatic heterocycles. The molecule has 0 unspecified atom stereocenters. The third kappa shape index (κ3) is 5.78. The summed E-state index contributed by atoms with van der Waals surface area (Å²) in [7, 11) is -4.03. The van der Waals surface area contributed by atoms with Gasteiger partial charge in [0.25, 0.3) is 15.9 Å². The van der Waals surface area contributed by atoms with Crippen LogP contribution in [0.1, 0.15) is 29.8 Å². The Morgan fingerprint density at radius 3 is 2.50 bits per heavy atom. The molecule has 0 heterocycles. The molecule has 150 valence electrons. The lowest BCUT2D eigenvalue weighted by atomic mass is 10.2. The van der Waals surface area contributed by atoms with Crippen LogP contribution in [0.5, 0.6) is 0 Å². The number of ether oxygens (including phenoxy) is 1. The van der Waals surface area contributed by atoms with E-state index < -0.39 is 27.7 Å². The number of carbonyl (C=O) groups is 2. The van der Waals surface area contributed by atoms with E-state index in [1.54, 1.807) is 13.8 Å². The van der Waals surface area contributed by atoms with Gasteiger partial charge >= 0.3 is 5.97 Å². The molecule has 0 aliphatic rings. The van der Waals surface area contributed by atoms with Crippen LogP contribution < -0.4 is 10.0 Å². The Morgan fingerprint density at radius 1 is 1.14 bits per heavy atom. The van der Waals surface area contributed by atoms with E-state index in [0.29, 0.717) is 5.56 Å². The fourth-order valence-electron chi connectivity index (χ4n) is 2.24. The number of halogens is 1. The number of sulfonamides is 1. The van der Waals surface area contributed by atoms with Crippen LogP contribution in [0, 0.1) is 12.7 Å². The van der Waals surface area contributed by atoms with E-state index in [1.807, 2.05) is 0 Å². The van der Waals surface area contributed by atoms with Crippen molar-refractivity contribution in [2.45, 2.75) is 31.8 Å². The summed E-state index contributed by atoms with van der Waals surface area (Å²) in [6.45, 7) is 4.60. The van der Waals surface area contributed by atoms with E-state index in [4.69, 9.17) is 4.74 Å². The normalized spacial score (nSPS) is 11.2. The van der Waals surface area contributed by atoms with Gasteiger partial charge in [-0.05, 0) is 56.7 Å². The van der Waals surface area contributed by atoms with Crippen LogP contribution in [-0.4, -0.2) is 32.9 Å². The summed E-state index contributed by atoms with van der Waals surface area (Å²) in [5, 5.41) is 2.40. The summed E-state index contributed by atoms with van der Waals surface area (Å²) in [5.74, 6) is -1.78. The van der Waals surface area contributed by atoms with Crippen LogP contribution in [0.4, 0.5) is 10.1 Å². The number of hydrogen-bond donors (Lipinski definition) is 2. The molecular weight excluding hydrogens is 387 g/mol. The van der Waals surface area contributed by atoms with Crippen molar-refractivity contribution in [3.05, 3.63) is 59.4 Å². The van der Waals surface area contributed by atoms with Crippen LogP contribution in [0.15, 0.2) is 47.4 Å². The molecule has 2 N–H and O–H groups in total. The van der Waals surface area contributed by atoms with E-state index in [1.165, 1.54) is 43.3 Å². The number of carbonyl (C=O) groups excluding carboxylic acids is 2.